The van der Waals surface area contributed by atoms with E-state index in [-0.39, 0.29) is 5.97 Å². The highest BCUT2D eigenvalue weighted by atomic mass is 16.5. The monoisotopic (exact) mass is 321 g/mol. The first-order valence-electron chi connectivity index (χ1n) is 8.77. The molecule has 0 aliphatic carbocycles. The van der Waals surface area contributed by atoms with Crippen LogP contribution in [0.5, 0.6) is 0 Å². The van der Waals surface area contributed by atoms with Crippen molar-refractivity contribution in [1.29, 1.82) is 0 Å². The van der Waals surface area contributed by atoms with E-state index in [1.165, 1.54) is 19.3 Å². The maximum absolute atomic E-state index is 11.5. The molecule has 0 spiro atoms. The fourth-order valence-electron chi connectivity index (χ4n) is 3.36. The highest BCUT2D eigenvalue weighted by Crippen LogP contribution is 2.16. The third-order valence-corrected chi connectivity index (χ3v) is 4.67. The van der Waals surface area contributed by atoms with Gasteiger partial charge in [0.15, 0.2) is 0 Å². The van der Waals surface area contributed by atoms with E-state index in [0.29, 0.717) is 13.2 Å². The first kappa shape index (κ1) is 16.4. The summed E-state index contributed by atoms with van der Waals surface area (Å²) in [5.41, 5.74) is 0. The van der Waals surface area contributed by atoms with Gasteiger partial charge in [0.2, 0.25) is 0 Å². The molecule has 2 aliphatic heterocycles. The number of nitrogens with zero attached hydrogens (tertiary/aromatic N) is 5. The molecule has 0 bridgehead atoms. The van der Waals surface area contributed by atoms with Crippen molar-refractivity contribution >= 4 is 5.97 Å². The molecule has 0 N–H and O–H groups in total. The van der Waals surface area contributed by atoms with Crippen molar-refractivity contribution in [2.24, 2.45) is 0 Å². The average Bonchev–Trinajstić information content (AvgIpc) is 2.77. The molecule has 3 heterocycles. The molecule has 128 valence electrons. The minimum atomic E-state index is -0.122. The Morgan fingerprint density at radius 3 is 2.61 bits per heavy atom. The first-order valence-corrected chi connectivity index (χ1v) is 8.77. The Balaban J connectivity index is 1.49. The van der Waals surface area contributed by atoms with Crippen molar-refractivity contribution in [3.63, 3.8) is 0 Å². The number of hydrogen-bond acceptors (Lipinski definition) is 6. The minimum Gasteiger partial charge on any atom is -0.465 e. The summed E-state index contributed by atoms with van der Waals surface area (Å²) in [6.07, 6.45) is 4.80. The topological polar surface area (TPSA) is 63.5 Å². The van der Waals surface area contributed by atoms with Gasteiger partial charge in [-0.1, -0.05) is 6.42 Å². The lowest BCUT2D eigenvalue weighted by atomic mass is 10.2. The normalized spacial score (nSPS) is 20.0. The lowest BCUT2D eigenvalue weighted by Crippen LogP contribution is -2.47. The van der Waals surface area contributed by atoms with Gasteiger partial charge in [-0.3, -0.25) is 14.6 Å². The van der Waals surface area contributed by atoms with Crippen LogP contribution in [0.3, 0.4) is 0 Å². The van der Waals surface area contributed by atoms with Crippen LogP contribution in [0.4, 0.5) is 0 Å². The smallest absolute Gasteiger partial charge is 0.320 e. The largest absolute Gasteiger partial charge is 0.465 e. The van der Waals surface area contributed by atoms with E-state index in [0.717, 1.165) is 57.3 Å². The van der Waals surface area contributed by atoms with Gasteiger partial charge in [0.05, 0.1) is 19.7 Å². The number of ether oxygens (including phenoxy) is 1. The van der Waals surface area contributed by atoms with Gasteiger partial charge >= 0.3 is 5.97 Å². The molecule has 0 aromatic carbocycles. The number of hydrogen-bond donors (Lipinski definition) is 0. The Bertz CT molecular complexity index is 523. The second kappa shape index (κ2) is 7.88. The summed E-state index contributed by atoms with van der Waals surface area (Å²) in [7, 11) is 0. The maximum atomic E-state index is 11.5. The Morgan fingerprint density at radius 1 is 1.04 bits per heavy atom. The standard InChI is InChI=1S/C16H27N5O2/c1-2-23-16(22)13-20-10-8-19(9-11-20)12-15-18-17-14-6-4-3-5-7-21(14)15/h2-13H2,1H3. The number of carbonyl (C=O) groups excluding carboxylic acids is 1. The lowest BCUT2D eigenvalue weighted by molar-refractivity contribution is -0.144. The van der Waals surface area contributed by atoms with E-state index >= 15 is 0 Å². The highest BCUT2D eigenvalue weighted by Gasteiger charge is 2.22. The van der Waals surface area contributed by atoms with Crippen LogP contribution >= 0.6 is 0 Å². The molecule has 0 radical (unpaired) electrons. The van der Waals surface area contributed by atoms with Crippen LogP contribution in [0, 0.1) is 0 Å². The predicted molar refractivity (Wildman–Crippen MR) is 85.9 cm³/mol. The summed E-state index contributed by atoms with van der Waals surface area (Å²) < 4.78 is 7.33. The zero-order valence-electron chi connectivity index (χ0n) is 14.0. The van der Waals surface area contributed by atoms with Crippen LogP contribution in [-0.4, -0.2) is 69.9 Å². The fourth-order valence-corrected chi connectivity index (χ4v) is 3.36. The summed E-state index contributed by atoms with van der Waals surface area (Å²) in [4.78, 5) is 16.1. The van der Waals surface area contributed by atoms with Gasteiger partial charge in [0.25, 0.3) is 0 Å². The molecule has 1 saturated heterocycles. The molecule has 0 saturated carbocycles. The van der Waals surface area contributed by atoms with Crippen LogP contribution < -0.4 is 0 Å². The van der Waals surface area contributed by atoms with Crippen molar-refractivity contribution < 1.29 is 9.53 Å². The number of aromatic nitrogens is 3. The van der Waals surface area contributed by atoms with Crippen LogP contribution in [0.25, 0.3) is 0 Å². The quantitative estimate of drug-likeness (QED) is 0.744. The highest BCUT2D eigenvalue weighted by molar-refractivity contribution is 5.71. The van der Waals surface area contributed by atoms with Gasteiger partial charge < -0.3 is 9.30 Å². The predicted octanol–water partition coefficient (Wildman–Crippen LogP) is 0.685. The Kier molecular flexibility index (Phi) is 5.61. The number of fused-ring (bicyclic) bond motifs is 1. The van der Waals surface area contributed by atoms with Crippen molar-refractivity contribution in [3.8, 4) is 0 Å². The molecule has 7 heteroatoms. The molecule has 3 rings (SSSR count). The molecule has 0 atom stereocenters. The Hall–Kier alpha value is -1.47. The van der Waals surface area contributed by atoms with Crippen LogP contribution in [0.15, 0.2) is 0 Å². The average molecular weight is 321 g/mol. The molecule has 1 fully saturated rings. The molecule has 23 heavy (non-hydrogen) atoms. The lowest BCUT2D eigenvalue weighted by Gasteiger charge is -2.33. The first-order chi connectivity index (χ1) is 11.3. The second-order valence-corrected chi connectivity index (χ2v) is 6.35. The van der Waals surface area contributed by atoms with Crippen molar-refractivity contribution in [2.75, 3.05) is 39.3 Å². The van der Waals surface area contributed by atoms with Gasteiger partial charge in [-0.25, -0.2) is 0 Å². The zero-order chi connectivity index (χ0) is 16.1. The van der Waals surface area contributed by atoms with Crippen molar-refractivity contribution in [1.82, 2.24) is 24.6 Å². The number of esters is 1. The van der Waals surface area contributed by atoms with Gasteiger partial charge in [0.1, 0.15) is 11.6 Å². The van der Waals surface area contributed by atoms with Crippen LogP contribution in [0.2, 0.25) is 0 Å². The summed E-state index contributed by atoms with van der Waals surface area (Å²) in [5, 5.41) is 8.78. The zero-order valence-corrected chi connectivity index (χ0v) is 14.0. The van der Waals surface area contributed by atoms with Crippen LogP contribution in [0.1, 0.15) is 37.8 Å². The number of aryl methyl sites for hydroxylation is 1. The van der Waals surface area contributed by atoms with Crippen molar-refractivity contribution in [2.45, 2.75) is 45.7 Å². The molecular weight excluding hydrogens is 294 g/mol. The maximum Gasteiger partial charge on any atom is 0.320 e. The molecule has 7 nitrogen and oxygen atoms in total. The van der Waals surface area contributed by atoms with E-state index in [9.17, 15) is 4.79 Å². The van der Waals surface area contributed by atoms with E-state index in [4.69, 9.17) is 4.74 Å². The van der Waals surface area contributed by atoms with Gasteiger partial charge in [-0.2, -0.15) is 0 Å². The minimum absolute atomic E-state index is 0.122. The SMILES string of the molecule is CCOC(=O)CN1CCN(Cc2nnc3n2CCCCC3)CC1. The second-order valence-electron chi connectivity index (χ2n) is 6.35. The summed E-state index contributed by atoms with van der Waals surface area (Å²) >= 11 is 0. The van der Waals surface area contributed by atoms with Gasteiger partial charge in [0, 0.05) is 39.1 Å². The molecular formula is C16H27N5O2. The van der Waals surface area contributed by atoms with Gasteiger partial charge in [-0.15, -0.1) is 10.2 Å². The summed E-state index contributed by atoms with van der Waals surface area (Å²) in [6, 6.07) is 0. The Morgan fingerprint density at radius 2 is 1.83 bits per heavy atom. The van der Waals surface area contributed by atoms with Crippen molar-refractivity contribution in [3.05, 3.63) is 11.6 Å². The number of piperazine rings is 1. The van der Waals surface area contributed by atoms with E-state index in [1.54, 1.807) is 0 Å². The molecule has 2 aliphatic rings. The fraction of sp³-hybridized carbons (Fsp3) is 0.812. The number of rotatable bonds is 5. The third kappa shape index (κ3) is 4.29. The molecule has 0 amide bonds. The van der Waals surface area contributed by atoms with E-state index in [2.05, 4.69) is 24.6 Å². The molecule has 0 unspecified atom stereocenters. The van der Waals surface area contributed by atoms with Gasteiger partial charge in [-0.05, 0) is 19.8 Å². The van der Waals surface area contributed by atoms with Crippen LogP contribution in [-0.2, 0) is 29.0 Å². The molecule has 1 aromatic heterocycles. The molecule has 1 aromatic rings. The summed E-state index contributed by atoms with van der Waals surface area (Å²) in [5.74, 6) is 2.13. The number of carbonyl (C=O) groups is 1. The third-order valence-electron chi connectivity index (χ3n) is 4.67. The summed E-state index contributed by atoms with van der Waals surface area (Å²) in [6.45, 7) is 8.35. The van der Waals surface area contributed by atoms with E-state index in [1.807, 2.05) is 6.92 Å². The van der Waals surface area contributed by atoms with E-state index < -0.39 is 0 Å². The Labute approximate surface area is 137 Å².